The summed E-state index contributed by atoms with van der Waals surface area (Å²) >= 11 is 5.81. The largest absolute Gasteiger partial charge is 0.507 e. The van der Waals surface area contributed by atoms with Crippen LogP contribution in [0.5, 0.6) is 5.75 Å². The van der Waals surface area contributed by atoms with Crippen LogP contribution in [0.1, 0.15) is 5.56 Å². The fourth-order valence-corrected chi connectivity index (χ4v) is 1.38. The van der Waals surface area contributed by atoms with Crippen molar-refractivity contribution in [2.75, 3.05) is 0 Å². The highest BCUT2D eigenvalue weighted by Crippen LogP contribution is 2.20. The highest BCUT2D eigenvalue weighted by Gasteiger charge is 1.98. The van der Waals surface area contributed by atoms with E-state index in [0.717, 1.165) is 0 Å². The Hall–Kier alpha value is -1.87. The molecule has 0 saturated carbocycles. The van der Waals surface area contributed by atoms with Crippen molar-refractivity contribution in [2.45, 2.75) is 0 Å². The molecule has 16 heavy (non-hydrogen) atoms. The van der Waals surface area contributed by atoms with E-state index in [-0.39, 0.29) is 5.75 Å². The van der Waals surface area contributed by atoms with Gasteiger partial charge in [0.2, 0.25) is 0 Å². The molecule has 1 N–H and O–H groups in total. The van der Waals surface area contributed by atoms with E-state index < -0.39 is 0 Å². The van der Waals surface area contributed by atoms with E-state index in [1.54, 1.807) is 24.4 Å². The summed E-state index contributed by atoms with van der Waals surface area (Å²) in [6, 6.07) is 10.2. The number of hydrogen-bond acceptors (Lipinski definition) is 3. The predicted octanol–water partition coefficient (Wildman–Crippen LogP) is 3.19. The van der Waals surface area contributed by atoms with Gasteiger partial charge in [-0.25, -0.2) is 9.98 Å². The molecule has 2 aromatic rings. The van der Waals surface area contributed by atoms with Crippen molar-refractivity contribution in [2.24, 2.45) is 4.99 Å². The molecular formula is C12H9ClN2O. The van der Waals surface area contributed by atoms with Crippen LogP contribution in [0.25, 0.3) is 0 Å². The first-order valence-electron chi connectivity index (χ1n) is 4.69. The maximum atomic E-state index is 9.54. The number of hydrogen-bond donors (Lipinski definition) is 1. The smallest absolute Gasteiger partial charge is 0.151 e. The topological polar surface area (TPSA) is 45.5 Å². The van der Waals surface area contributed by atoms with Crippen molar-refractivity contribution < 1.29 is 5.11 Å². The van der Waals surface area contributed by atoms with Crippen LogP contribution in [0.4, 0.5) is 5.82 Å². The van der Waals surface area contributed by atoms with Crippen molar-refractivity contribution in [1.82, 2.24) is 4.98 Å². The van der Waals surface area contributed by atoms with Crippen LogP contribution >= 0.6 is 11.6 Å². The van der Waals surface area contributed by atoms with E-state index in [2.05, 4.69) is 9.98 Å². The standard InChI is InChI=1S/C12H9ClN2O/c13-10-4-5-11(16)9(7-10)8-15-12-3-1-2-6-14-12/h1-8,16H. The van der Waals surface area contributed by atoms with Gasteiger partial charge in [0.05, 0.1) is 0 Å². The maximum Gasteiger partial charge on any atom is 0.151 e. The second-order valence-corrected chi connectivity index (χ2v) is 3.59. The summed E-state index contributed by atoms with van der Waals surface area (Å²) in [5, 5.41) is 10.1. The van der Waals surface area contributed by atoms with Gasteiger partial charge >= 0.3 is 0 Å². The highest BCUT2D eigenvalue weighted by atomic mass is 35.5. The van der Waals surface area contributed by atoms with Crippen molar-refractivity contribution in [3.63, 3.8) is 0 Å². The van der Waals surface area contributed by atoms with Crippen LogP contribution in [-0.2, 0) is 0 Å². The number of benzene rings is 1. The number of pyridine rings is 1. The first-order chi connectivity index (χ1) is 7.75. The summed E-state index contributed by atoms with van der Waals surface area (Å²) < 4.78 is 0. The van der Waals surface area contributed by atoms with E-state index >= 15 is 0 Å². The molecule has 0 atom stereocenters. The molecule has 2 rings (SSSR count). The van der Waals surface area contributed by atoms with Gasteiger partial charge in [-0.05, 0) is 30.3 Å². The van der Waals surface area contributed by atoms with Gasteiger partial charge in [0.25, 0.3) is 0 Å². The molecular weight excluding hydrogens is 224 g/mol. The number of rotatable bonds is 2. The fourth-order valence-electron chi connectivity index (χ4n) is 1.19. The first kappa shape index (κ1) is 10.6. The zero-order valence-electron chi connectivity index (χ0n) is 8.34. The summed E-state index contributed by atoms with van der Waals surface area (Å²) in [7, 11) is 0. The summed E-state index contributed by atoms with van der Waals surface area (Å²) in [6.07, 6.45) is 3.19. The summed E-state index contributed by atoms with van der Waals surface area (Å²) in [6.45, 7) is 0. The number of phenolic OH excluding ortho intramolecular Hbond substituents is 1. The van der Waals surface area contributed by atoms with Crippen LogP contribution in [0.2, 0.25) is 5.02 Å². The van der Waals surface area contributed by atoms with E-state index in [4.69, 9.17) is 11.6 Å². The SMILES string of the molecule is Oc1ccc(Cl)cc1C=Nc1ccccn1. The molecule has 0 fully saturated rings. The van der Waals surface area contributed by atoms with Crippen LogP contribution in [0.3, 0.4) is 0 Å². The number of phenols is 1. The van der Waals surface area contributed by atoms with Gasteiger partial charge < -0.3 is 5.11 Å². The molecule has 0 aliphatic rings. The van der Waals surface area contributed by atoms with Gasteiger partial charge in [0.1, 0.15) is 5.75 Å². The number of aliphatic imine (C=N–C) groups is 1. The number of aromatic nitrogens is 1. The molecule has 3 nitrogen and oxygen atoms in total. The van der Waals surface area contributed by atoms with Crippen LogP contribution in [0.15, 0.2) is 47.6 Å². The molecule has 0 bridgehead atoms. The lowest BCUT2D eigenvalue weighted by Gasteiger charge is -1.98. The Kier molecular flexibility index (Phi) is 3.17. The van der Waals surface area contributed by atoms with E-state index in [1.165, 1.54) is 12.3 Å². The predicted molar refractivity (Wildman–Crippen MR) is 64.6 cm³/mol. The van der Waals surface area contributed by atoms with Crippen molar-refractivity contribution in [3.8, 4) is 5.75 Å². The normalized spacial score (nSPS) is 10.8. The Morgan fingerprint density at radius 3 is 2.88 bits per heavy atom. The Labute approximate surface area is 98.1 Å². The van der Waals surface area contributed by atoms with E-state index in [1.807, 2.05) is 12.1 Å². The van der Waals surface area contributed by atoms with Crippen LogP contribution in [0, 0.1) is 0 Å². The number of halogens is 1. The van der Waals surface area contributed by atoms with Gasteiger partial charge in [-0.3, -0.25) is 0 Å². The average molecular weight is 233 g/mol. The molecule has 0 aliphatic carbocycles. The number of aromatic hydroxyl groups is 1. The Morgan fingerprint density at radius 2 is 2.12 bits per heavy atom. The average Bonchev–Trinajstić information content (AvgIpc) is 2.32. The Bertz CT molecular complexity index is 512. The molecule has 0 saturated heterocycles. The molecule has 0 spiro atoms. The van der Waals surface area contributed by atoms with Crippen LogP contribution < -0.4 is 0 Å². The molecule has 80 valence electrons. The minimum atomic E-state index is 0.143. The molecule has 1 aromatic heterocycles. The molecule has 0 radical (unpaired) electrons. The van der Waals surface area contributed by atoms with Gasteiger partial charge in [-0.15, -0.1) is 0 Å². The fraction of sp³-hybridized carbons (Fsp3) is 0. The molecule has 4 heteroatoms. The summed E-state index contributed by atoms with van der Waals surface area (Å²) in [4.78, 5) is 8.16. The second-order valence-electron chi connectivity index (χ2n) is 3.15. The maximum absolute atomic E-state index is 9.54. The zero-order chi connectivity index (χ0) is 11.4. The Balaban J connectivity index is 2.27. The molecule has 1 aromatic carbocycles. The van der Waals surface area contributed by atoms with Crippen molar-refractivity contribution in [1.29, 1.82) is 0 Å². The quantitative estimate of drug-likeness (QED) is 0.809. The lowest BCUT2D eigenvalue weighted by molar-refractivity contribution is 0.474. The minimum Gasteiger partial charge on any atom is -0.507 e. The lowest BCUT2D eigenvalue weighted by atomic mass is 10.2. The molecule has 0 aliphatic heterocycles. The van der Waals surface area contributed by atoms with Gasteiger partial charge in [0.15, 0.2) is 5.82 Å². The number of nitrogens with zero attached hydrogens (tertiary/aromatic N) is 2. The highest BCUT2D eigenvalue weighted by molar-refractivity contribution is 6.30. The summed E-state index contributed by atoms with van der Waals surface area (Å²) in [5.41, 5.74) is 0.568. The van der Waals surface area contributed by atoms with Gasteiger partial charge in [0, 0.05) is 23.0 Å². The van der Waals surface area contributed by atoms with Gasteiger partial charge in [-0.1, -0.05) is 17.7 Å². The molecule has 0 unspecified atom stereocenters. The zero-order valence-corrected chi connectivity index (χ0v) is 9.09. The van der Waals surface area contributed by atoms with Gasteiger partial charge in [-0.2, -0.15) is 0 Å². The first-order valence-corrected chi connectivity index (χ1v) is 5.07. The lowest BCUT2D eigenvalue weighted by Crippen LogP contribution is -1.82. The summed E-state index contributed by atoms with van der Waals surface area (Å²) in [5.74, 6) is 0.728. The monoisotopic (exact) mass is 232 g/mol. The van der Waals surface area contributed by atoms with Crippen LogP contribution in [-0.4, -0.2) is 16.3 Å². The third kappa shape index (κ3) is 2.58. The second kappa shape index (κ2) is 4.77. The third-order valence-electron chi connectivity index (χ3n) is 1.97. The Morgan fingerprint density at radius 1 is 1.25 bits per heavy atom. The third-order valence-corrected chi connectivity index (χ3v) is 2.21. The molecule has 1 heterocycles. The van der Waals surface area contributed by atoms with Crippen molar-refractivity contribution >= 4 is 23.6 Å². The van der Waals surface area contributed by atoms with Crippen molar-refractivity contribution in [3.05, 3.63) is 53.2 Å². The van der Waals surface area contributed by atoms with E-state index in [9.17, 15) is 5.11 Å². The molecule has 0 amide bonds. The minimum absolute atomic E-state index is 0.143. The van der Waals surface area contributed by atoms with E-state index in [0.29, 0.717) is 16.4 Å².